The predicted molar refractivity (Wildman–Crippen MR) is 97.0 cm³/mol. The molecule has 3 rings (SSSR count). The molecule has 1 fully saturated rings. The lowest BCUT2D eigenvalue weighted by atomic mass is 10.3. The van der Waals surface area contributed by atoms with E-state index in [9.17, 15) is 34.4 Å². The van der Waals surface area contributed by atoms with Gasteiger partial charge < -0.3 is 4.74 Å². The second-order valence-corrected chi connectivity index (χ2v) is 10.2. The zero-order chi connectivity index (χ0) is 22.2. The maximum Gasteiger partial charge on any atom is 0.573 e. The lowest BCUT2D eigenvalue weighted by Gasteiger charge is -2.33. The minimum atomic E-state index is -4.90. The van der Waals surface area contributed by atoms with Crippen LogP contribution in [0.25, 0.3) is 0 Å². The molecule has 0 unspecified atom stereocenters. The molecule has 0 aromatic heterocycles. The SMILES string of the molecule is O=S(=O)(c1ccc(F)cc1)N1CCN(S(=O)(=O)c2ccc(OC(F)(F)F)cc2)CC1. The van der Waals surface area contributed by atoms with Crippen molar-refractivity contribution in [1.29, 1.82) is 0 Å². The highest BCUT2D eigenvalue weighted by atomic mass is 32.2. The second kappa shape index (κ2) is 8.13. The summed E-state index contributed by atoms with van der Waals surface area (Å²) in [6.07, 6.45) is -4.90. The Bertz CT molecular complexity index is 1090. The molecule has 164 valence electrons. The first-order valence-electron chi connectivity index (χ1n) is 8.51. The fraction of sp³-hybridized carbons (Fsp3) is 0.294. The van der Waals surface area contributed by atoms with Gasteiger partial charge in [-0.3, -0.25) is 0 Å². The normalized spacial score (nSPS) is 17.1. The van der Waals surface area contributed by atoms with Crippen molar-refractivity contribution in [3.63, 3.8) is 0 Å². The molecule has 0 atom stereocenters. The molecule has 2 aromatic carbocycles. The minimum Gasteiger partial charge on any atom is -0.406 e. The molecule has 0 saturated carbocycles. The van der Waals surface area contributed by atoms with E-state index in [1.54, 1.807) is 0 Å². The van der Waals surface area contributed by atoms with Crippen LogP contribution in [0.3, 0.4) is 0 Å². The minimum absolute atomic E-state index is 0.111. The number of rotatable bonds is 5. The Kier molecular flexibility index (Phi) is 6.09. The highest BCUT2D eigenvalue weighted by Gasteiger charge is 2.34. The van der Waals surface area contributed by atoms with Crippen molar-refractivity contribution in [2.24, 2.45) is 0 Å². The smallest absolute Gasteiger partial charge is 0.406 e. The van der Waals surface area contributed by atoms with E-state index in [0.29, 0.717) is 0 Å². The molecule has 2 aromatic rings. The number of sulfonamides is 2. The van der Waals surface area contributed by atoms with E-state index in [1.165, 1.54) is 0 Å². The zero-order valence-electron chi connectivity index (χ0n) is 15.2. The van der Waals surface area contributed by atoms with Crippen molar-refractivity contribution in [2.45, 2.75) is 16.2 Å². The highest BCUT2D eigenvalue weighted by molar-refractivity contribution is 7.89. The molecule has 1 aliphatic heterocycles. The molecule has 0 spiro atoms. The van der Waals surface area contributed by atoms with Gasteiger partial charge in [0.05, 0.1) is 9.79 Å². The largest absolute Gasteiger partial charge is 0.573 e. The number of alkyl halides is 3. The number of piperazine rings is 1. The fourth-order valence-electron chi connectivity index (χ4n) is 2.87. The summed E-state index contributed by atoms with van der Waals surface area (Å²) in [5, 5.41) is 0. The van der Waals surface area contributed by atoms with Crippen LogP contribution in [0.1, 0.15) is 0 Å². The van der Waals surface area contributed by atoms with E-state index in [2.05, 4.69) is 4.74 Å². The summed E-state index contributed by atoms with van der Waals surface area (Å²) in [5.74, 6) is -1.15. The van der Waals surface area contributed by atoms with Gasteiger partial charge in [-0.15, -0.1) is 13.2 Å². The standard InChI is InChI=1S/C17H16F4N2O5S2/c18-13-1-5-15(6-2-13)29(24,25)22-9-11-23(12-10-22)30(26,27)16-7-3-14(4-8-16)28-17(19,20)21/h1-8H,9-12H2. The van der Waals surface area contributed by atoms with Crippen LogP contribution in [0.2, 0.25) is 0 Å². The summed E-state index contributed by atoms with van der Waals surface area (Å²) < 4.78 is 106. The summed E-state index contributed by atoms with van der Waals surface area (Å²) in [6.45, 7) is -0.560. The average Bonchev–Trinajstić information content (AvgIpc) is 2.67. The van der Waals surface area contributed by atoms with Gasteiger partial charge in [-0.05, 0) is 48.5 Å². The van der Waals surface area contributed by atoms with Crippen LogP contribution in [-0.2, 0) is 20.0 Å². The topological polar surface area (TPSA) is 84.0 Å². The third-order valence-corrected chi connectivity index (χ3v) is 8.17. The van der Waals surface area contributed by atoms with Crippen molar-refractivity contribution in [1.82, 2.24) is 8.61 Å². The lowest BCUT2D eigenvalue weighted by molar-refractivity contribution is -0.274. The maximum absolute atomic E-state index is 13.0. The van der Waals surface area contributed by atoms with Crippen molar-refractivity contribution >= 4 is 20.0 Å². The molecule has 1 saturated heterocycles. The van der Waals surface area contributed by atoms with Crippen molar-refractivity contribution in [2.75, 3.05) is 26.2 Å². The Labute approximate surface area is 170 Å². The van der Waals surface area contributed by atoms with Gasteiger partial charge in [0, 0.05) is 26.2 Å². The number of halogens is 4. The van der Waals surface area contributed by atoms with Crippen LogP contribution >= 0.6 is 0 Å². The molecule has 30 heavy (non-hydrogen) atoms. The van der Waals surface area contributed by atoms with Gasteiger partial charge in [0.1, 0.15) is 11.6 Å². The van der Waals surface area contributed by atoms with Gasteiger partial charge in [-0.2, -0.15) is 8.61 Å². The van der Waals surface area contributed by atoms with Gasteiger partial charge in [-0.1, -0.05) is 0 Å². The highest BCUT2D eigenvalue weighted by Crippen LogP contribution is 2.26. The van der Waals surface area contributed by atoms with Crippen molar-refractivity contribution < 1.29 is 39.1 Å². The van der Waals surface area contributed by atoms with E-state index in [0.717, 1.165) is 57.1 Å². The molecular formula is C17H16F4N2O5S2. The Balaban J connectivity index is 1.70. The number of benzene rings is 2. The number of nitrogens with zero attached hydrogens (tertiary/aromatic N) is 2. The Hall–Kier alpha value is -2.22. The first-order valence-corrected chi connectivity index (χ1v) is 11.4. The first-order chi connectivity index (χ1) is 13.9. The molecular weight excluding hydrogens is 452 g/mol. The van der Waals surface area contributed by atoms with E-state index in [1.807, 2.05) is 0 Å². The summed E-state index contributed by atoms with van der Waals surface area (Å²) in [5.41, 5.74) is 0. The lowest BCUT2D eigenvalue weighted by Crippen LogP contribution is -2.50. The van der Waals surface area contributed by atoms with E-state index in [-0.39, 0.29) is 36.0 Å². The van der Waals surface area contributed by atoms with Crippen LogP contribution in [0.5, 0.6) is 5.75 Å². The Morgan fingerprint density at radius 3 is 1.43 bits per heavy atom. The van der Waals surface area contributed by atoms with Gasteiger partial charge in [-0.25, -0.2) is 21.2 Å². The molecule has 1 aliphatic rings. The van der Waals surface area contributed by atoms with E-state index < -0.39 is 38.0 Å². The molecule has 0 radical (unpaired) electrons. The van der Waals surface area contributed by atoms with Gasteiger partial charge >= 0.3 is 6.36 Å². The molecule has 1 heterocycles. The number of ether oxygens (including phenoxy) is 1. The number of hydrogen-bond donors (Lipinski definition) is 0. The Morgan fingerprint density at radius 1 is 0.700 bits per heavy atom. The Morgan fingerprint density at radius 2 is 1.07 bits per heavy atom. The second-order valence-electron chi connectivity index (χ2n) is 6.28. The summed E-state index contributed by atoms with van der Waals surface area (Å²) in [6, 6.07) is 8.01. The average molecular weight is 468 g/mol. The van der Waals surface area contributed by atoms with Crippen LogP contribution < -0.4 is 4.74 Å². The third-order valence-electron chi connectivity index (χ3n) is 4.34. The molecule has 0 aliphatic carbocycles. The van der Waals surface area contributed by atoms with Crippen LogP contribution in [0, 0.1) is 5.82 Å². The van der Waals surface area contributed by atoms with Gasteiger partial charge in [0.25, 0.3) is 0 Å². The third kappa shape index (κ3) is 4.91. The molecule has 0 N–H and O–H groups in total. The van der Waals surface area contributed by atoms with Gasteiger partial charge in [0.15, 0.2) is 0 Å². The summed E-state index contributed by atoms with van der Waals surface area (Å²) in [7, 11) is -7.95. The van der Waals surface area contributed by atoms with E-state index >= 15 is 0 Å². The van der Waals surface area contributed by atoms with E-state index in [4.69, 9.17) is 0 Å². The molecule has 7 nitrogen and oxygen atoms in total. The zero-order valence-corrected chi connectivity index (χ0v) is 16.8. The van der Waals surface area contributed by atoms with Gasteiger partial charge in [0.2, 0.25) is 20.0 Å². The number of hydrogen-bond acceptors (Lipinski definition) is 5. The van der Waals surface area contributed by atoms with Crippen LogP contribution in [-0.4, -0.2) is 58.0 Å². The van der Waals surface area contributed by atoms with Crippen molar-refractivity contribution in [3.8, 4) is 5.75 Å². The molecule has 13 heteroatoms. The fourth-order valence-corrected chi connectivity index (χ4v) is 5.71. The summed E-state index contributed by atoms with van der Waals surface area (Å²) >= 11 is 0. The predicted octanol–water partition coefficient (Wildman–Crippen LogP) is 2.42. The molecule has 0 bridgehead atoms. The quantitative estimate of drug-likeness (QED) is 0.630. The maximum atomic E-state index is 13.0. The molecule has 0 amide bonds. The van der Waals surface area contributed by atoms with Crippen LogP contribution in [0.15, 0.2) is 58.3 Å². The monoisotopic (exact) mass is 468 g/mol. The van der Waals surface area contributed by atoms with Crippen LogP contribution in [0.4, 0.5) is 17.6 Å². The summed E-state index contributed by atoms with van der Waals surface area (Å²) in [4.78, 5) is -0.354. The van der Waals surface area contributed by atoms with Crippen molar-refractivity contribution in [3.05, 3.63) is 54.3 Å². The first kappa shape index (κ1) is 22.5.